The molecule has 1 N–H and O–H groups in total. The summed E-state index contributed by atoms with van der Waals surface area (Å²) in [5.41, 5.74) is 1.48. The van der Waals surface area contributed by atoms with Crippen molar-refractivity contribution in [3.05, 3.63) is 40.6 Å². The zero-order valence-electron chi connectivity index (χ0n) is 11.8. The van der Waals surface area contributed by atoms with E-state index in [1.54, 1.807) is 10.9 Å². The third kappa shape index (κ3) is 3.55. The van der Waals surface area contributed by atoms with Crippen LogP contribution in [0.4, 0.5) is 4.39 Å². The van der Waals surface area contributed by atoms with Gasteiger partial charge in [-0.1, -0.05) is 25.4 Å². The maximum Gasteiger partial charge on any atom is 0.158 e. The average molecular weight is 297 g/mol. The molecule has 0 unspecified atom stereocenters. The quantitative estimate of drug-likeness (QED) is 0.922. The van der Waals surface area contributed by atoms with Crippen LogP contribution in [0.3, 0.4) is 0 Å². The van der Waals surface area contributed by atoms with E-state index in [9.17, 15) is 4.39 Å². The van der Waals surface area contributed by atoms with E-state index in [0.29, 0.717) is 23.3 Å². The van der Waals surface area contributed by atoms with Crippen molar-refractivity contribution < 1.29 is 4.39 Å². The van der Waals surface area contributed by atoms with Gasteiger partial charge in [0.25, 0.3) is 0 Å². The van der Waals surface area contributed by atoms with Crippen molar-refractivity contribution in [2.24, 2.45) is 5.92 Å². The highest BCUT2D eigenvalue weighted by atomic mass is 35.5. The zero-order chi connectivity index (χ0) is 14.7. The molecule has 108 valence electrons. The molecule has 2 aromatic rings. The van der Waals surface area contributed by atoms with Gasteiger partial charge in [0.05, 0.1) is 23.1 Å². The molecule has 0 aromatic carbocycles. The molecule has 6 heteroatoms. The summed E-state index contributed by atoms with van der Waals surface area (Å²) in [6, 6.07) is 1.47. The topological polar surface area (TPSA) is 42.7 Å². The van der Waals surface area contributed by atoms with Crippen LogP contribution in [0, 0.1) is 18.7 Å². The molecule has 0 aliphatic carbocycles. The molecule has 20 heavy (non-hydrogen) atoms. The Morgan fingerprint density at radius 3 is 2.80 bits per heavy atom. The number of rotatable bonds is 5. The number of hydrogen-bond acceptors (Lipinski definition) is 3. The molecule has 0 saturated carbocycles. The maximum absolute atomic E-state index is 13.4. The third-order valence-electron chi connectivity index (χ3n) is 2.83. The standard InChI is InChI=1S/C14H18ClFN4/c1-9(2)5-17-6-11-4-12(16)7-18-14(11)20-8-13(15)10(3)19-20/h4,7-9,17H,5-6H2,1-3H3. The summed E-state index contributed by atoms with van der Waals surface area (Å²) in [5.74, 6) is 0.768. The van der Waals surface area contributed by atoms with Crippen LogP contribution in [0.15, 0.2) is 18.5 Å². The summed E-state index contributed by atoms with van der Waals surface area (Å²) in [6.07, 6.45) is 2.87. The Kier molecular flexibility index (Phi) is 4.73. The molecule has 0 radical (unpaired) electrons. The third-order valence-corrected chi connectivity index (χ3v) is 3.20. The monoisotopic (exact) mass is 296 g/mol. The molecule has 0 bridgehead atoms. The molecular formula is C14H18ClFN4. The van der Waals surface area contributed by atoms with Crippen LogP contribution in [0.25, 0.3) is 5.82 Å². The summed E-state index contributed by atoms with van der Waals surface area (Å²) in [4.78, 5) is 4.13. The smallest absolute Gasteiger partial charge is 0.158 e. The molecule has 0 aliphatic rings. The molecule has 0 fully saturated rings. The summed E-state index contributed by atoms with van der Waals surface area (Å²) in [5, 5.41) is 8.13. The molecule has 2 heterocycles. The van der Waals surface area contributed by atoms with Crippen LogP contribution < -0.4 is 5.32 Å². The van der Waals surface area contributed by atoms with Crippen molar-refractivity contribution in [1.82, 2.24) is 20.1 Å². The van der Waals surface area contributed by atoms with Crippen LogP contribution in [-0.4, -0.2) is 21.3 Å². The average Bonchev–Trinajstić information content (AvgIpc) is 2.69. The second-order valence-corrected chi connectivity index (χ2v) is 5.58. The van der Waals surface area contributed by atoms with Gasteiger partial charge < -0.3 is 5.32 Å². The Morgan fingerprint density at radius 1 is 1.45 bits per heavy atom. The van der Waals surface area contributed by atoms with Gasteiger partial charge in [-0.2, -0.15) is 5.10 Å². The molecule has 0 aliphatic heterocycles. The number of nitrogens with one attached hydrogen (secondary N) is 1. The number of halogens is 2. The van der Waals surface area contributed by atoms with E-state index in [0.717, 1.165) is 17.8 Å². The Labute approximate surface area is 123 Å². The highest BCUT2D eigenvalue weighted by Crippen LogP contribution is 2.18. The van der Waals surface area contributed by atoms with Crippen molar-refractivity contribution in [3.8, 4) is 5.82 Å². The van der Waals surface area contributed by atoms with Crippen molar-refractivity contribution in [2.45, 2.75) is 27.3 Å². The fourth-order valence-electron chi connectivity index (χ4n) is 1.85. The van der Waals surface area contributed by atoms with Crippen molar-refractivity contribution in [1.29, 1.82) is 0 Å². The van der Waals surface area contributed by atoms with E-state index in [1.165, 1.54) is 12.3 Å². The van der Waals surface area contributed by atoms with Crippen LogP contribution in [0.5, 0.6) is 0 Å². The summed E-state index contributed by atoms with van der Waals surface area (Å²) in [6.45, 7) is 7.45. The number of hydrogen-bond donors (Lipinski definition) is 1. The molecule has 0 atom stereocenters. The van der Waals surface area contributed by atoms with Crippen LogP contribution in [-0.2, 0) is 6.54 Å². The number of aryl methyl sites for hydroxylation is 1. The molecule has 0 amide bonds. The highest BCUT2D eigenvalue weighted by molar-refractivity contribution is 6.31. The van der Waals surface area contributed by atoms with Crippen LogP contribution >= 0.6 is 11.6 Å². The minimum atomic E-state index is -0.356. The second-order valence-electron chi connectivity index (χ2n) is 5.17. The van der Waals surface area contributed by atoms with Gasteiger partial charge in [0, 0.05) is 12.1 Å². The minimum absolute atomic E-state index is 0.356. The largest absolute Gasteiger partial charge is 0.312 e. The van der Waals surface area contributed by atoms with E-state index >= 15 is 0 Å². The van der Waals surface area contributed by atoms with Gasteiger partial charge in [-0.25, -0.2) is 14.1 Å². The normalized spacial score (nSPS) is 11.3. The van der Waals surface area contributed by atoms with Gasteiger partial charge in [-0.3, -0.25) is 0 Å². The van der Waals surface area contributed by atoms with Crippen LogP contribution in [0.1, 0.15) is 25.1 Å². The van der Waals surface area contributed by atoms with Crippen molar-refractivity contribution in [2.75, 3.05) is 6.54 Å². The Bertz CT molecular complexity index is 575. The van der Waals surface area contributed by atoms with Crippen molar-refractivity contribution in [3.63, 3.8) is 0 Å². The lowest BCUT2D eigenvalue weighted by atomic mass is 10.2. The SMILES string of the molecule is Cc1nn(-c2ncc(F)cc2CNCC(C)C)cc1Cl. The second kappa shape index (κ2) is 6.33. The van der Waals surface area contributed by atoms with Gasteiger partial charge in [-0.15, -0.1) is 0 Å². The van der Waals surface area contributed by atoms with Crippen LogP contribution in [0.2, 0.25) is 5.02 Å². The fraction of sp³-hybridized carbons (Fsp3) is 0.429. The predicted molar refractivity (Wildman–Crippen MR) is 77.6 cm³/mol. The van der Waals surface area contributed by atoms with E-state index in [1.807, 2.05) is 6.92 Å². The molecule has 2 aromatic heterocycles. The van der Waals surface area contributed by atoms with Crippen molar-refractivity contribution >= 4 is 11.6 Å². The number of pyridine rings is 1. The first-order valence-corrected chi connectivity index (χ1v) is 6.92. The predicted octanol–water partition coefficient (Wildman–Crippen LogP) is 3.11. The number of aromatic nitrogens is 3. The molecule has 0 spiro atoms. The van der Waals surface area contributed by atoms with Gasteiger partial charge in [-0.05, 0) is 25.5 Å². The first-order valence-electron chi connectivity index (χ1n) is 6.54. The first kappa shape index (κ1) is 14.9. The van der Waals surface area contributed by atoms with Gasteiger partial charge in [0.1, 0.15) is 5.82 Å². The van der Waals surface area contributed by atoms with E-state index in [4.69, 9.17) is 11.6 Å². The molecule has 0 saturated heterocycles. The van der Waals surface area contributed by atoms with Gasteiger partial charge in [0.2, 0.25) is 0 Å². The Hall–Kier alpha value is -1.46. The van der Waals surface area contributed by atoms with E-state index < -0.39 is 0 Å². The lowest BCUT2D eigenvalue weighted by Gasteiger charge is -2.11. The first-order chi connectivity index (χ1) is 9.47. The summed E-state index contributed by atoms with van der Waals surface area (Å²) >= 11 is 6.01. The van der Waals surface area contributed by atoms with E-state index in [2.05, 4.69) is 29.2 Å². The van der Waals surface area contributed by atoms with Gasteiger partial charge in [0.15, 0.2) is 5.82 Å². The number of nitrogens with zero attached hydrogens (tertiary/aromatic N) is 3. The van der Waals surface area contributed by atoms with E-state index in [-0.39, 0.29) is 5.82 Å². The van der Waals surface area contributed by atoms with Gasteiger partial charge >= 0.3 is 0 Å². The maximum atomic E-state index is 13.4. The highest BCUT2D eigenvalue weighted by Gasteiger charge is 2.11. The summed E-state index contributed by atoms with van der Waals surface area (Å²) in [7, 11) is 0. The lowest BCUT2D eigenvalue weighted by molar-refractivity contribution is 0.546. The molecule has 2 rings (SSSR count). The fourth-order valence-corrected chi connectivity index (χ4v) is 1.98. The minimum Gasteiger partial charge on any atom is -0.312 e. The summed E-state index contributed by atoms with van der Waals surface area (Å²) < 4.78 is 15.0. The lowest BCUT2D eigenvalue weighted by Crippen LogP contribution is -2.20. The molecular weight excluding hydrogens is 279 g/mol. The Balaban J connectivity index is 2.27. The Morgan fingerprint density at radius 2 is 2.20 bits per heavy atom. The zero-order valence-corrected chi connectivity index (χ0v) is 12.6. The molecule has 4 nitrogen and oxygen atoms in total.